The fourth-order valence-electron chi connectivity index (χ4n) is 2.89. The summed E-state index contributed by atoms with van der Waals surface area (Å²) in [4.78, 5) is 16.8. The van der Waals surface area contributed by atoms with Crippen molar-refractivity contribution in [1.29, 1.82) is 0 Å². The van der Waals surface area contributed by atoms with Crippen molar-refractivity contribution in [3.63, 3.8) is 0 Å². The molecule has 9 heteroatoms. The van der Waals surface area contributed by atoms with E-state index < -0.39 is 18.6 Å². The van der Waals surface area contributed by atoms with Crippen LogP contribution in [0.3, 0.4) is 0 Å². The highest BCUT2D eigenvalue weighted by molar-refractivity contribution is 5.95. The topological polar surface area (TPSA) is 64.7 Å². The Morgan fingerprint density at radius 1 is 1.22 bits per heavy atom. The summed E-state index contributed by atoms with van der Waals surface area (Å²) in [6, 6.07) is 6.77. The lowest BCUT2D eigenvalue weighted by Gasteiger charge is -2.13. The van der Waals surface area contributed by atoms with Crippen LogP contribution in [0.15, 0.2) is 42.9 Å². The molecule has 3 heterocycles. The fraction of sp³-hybridized carbons (Fsp3) is 0.278. The zero-order valence-electron chi connectivity index (χ0n) is 14.8. The van der Waals surface area contributed by atoms with E-state index >= 15 is 0 Å². The Morgan fingerprint density at radius 2 is 2.00 bits per heavy atom. The molecular weight excluding hydrogens is 359 g/mol. The van der Waals surface area contributed by atoms with Gasteiger partial charge in [-0.2, -0.15) is 18.3 Å². The highest BCUT2D eigenvalue weighted by Gasteiger charge is 2.30. The maximum atomic E-state index is 12.7. The zero-order chi connectivity index (χ0) is 19.6. The summed E-state index contributed by atoms with van der Waals surface area (Å²) < 4.78 is 40.8. The van der Waals surface area contributed by atoms with Crippen molar-refractivity contribution in [1.82, 2.24) is 24.6 Å². The third-order valence-corrected chi connectivity index (χ3v) is 4.18. The molecule has 0 spiro atoms. The number of aromatic nitrogens is 4. The monoisotopic (exact) mass is 377 g/mol. The van der Waals surface area contributed by atoms with Crippen molar-refractivity contribution in [2.75, 3.05) is 0 Å². The SMILES string of the molecule is Cc1cc(C(=O)NCc2cccnc2-n2cccn2)c(C)n1CC(F)(F)F. The maximum absolute atomic E-state index is 12.7. The largest absolute Gasteiger partial charge is 0.406 e. The van der Waals surface area contributed by atoms with Crippen molar-refractivity contribution in [3.05, 3.63) is 65.4 Å². The third kappa shape index (κ3) is 4.18. The van der Waals surface area contributed by atoms with Crippen LogP contribution in [0.4, 0.5) is 13.2 Å². The van der Waals surface area contributed by atoms with Gasteiger partial charge < -0.3 is 9.88 Å². The minimum atomic E-state index is -4.35. The Balaban J connectivity index is 1.77. The number of hydrogen-bond donors (Lipinski definition) is 1. The van der Waals surface area contributed by atoms with E-state index in [1.165, 1.54) is 13.0 Å². The lowest BCUT2D eigenvalue weighted by molar-refractivity contribution is -0.141. The van der Waals surface area contributed by atoms with Gasteiger partial charge in [0.05, 0.1) is 5.56 Å². The Bertz CT molecular complexity index is 945. The van der Waals surface area contributed by atoms with Gasteiger partial charge in [0.2, 0.25) is 0 Å². The fourth-order valence-corrected chi connectivity index (χ4v) is 2.89. The molecule has 3 aromatic heterocycles. The molecule has 6 nitrogen and oxygen atoms in total. The molecule has 0 aliphatic heterocycles. The van der Waals surface area contributed by atoms with Crippen LogP contribution in [0.5, 0.6) is 0 Å². The first kappa shape index (κ1) is 18.7. The van der Waals surface area contributed by atoms with Crippen molar-refractivity contribution >= 4 is 5.91 Å². The molecule has 0 atom stereocenters. The molecule has 0 fully saturated rings. The van der Waals surface area contributed by atoms with E-state index in [2.05, 4.69) is 15.4 Å². The van der Waals surface area contributed by atoms with Gasteiger partial charge in [0, 0.05) is 42.1 Å². The number of pyridine rings is 1. The average Bonchev–Trinajstić information content (AvgIpc) is 3.23. The Morgan fingerprint density at radius 3 is 2.67 bits per heavy atom. The van der Waals surface area contributed by atoms with Gasteiger partial charge >= 0.3 is 6.18 Å². The number of amides is 1. The molecule has 0 saturated carbocycles. The van der Waals surface area contributed by atoms with Gasteiger partial charge in [-0.25, -0.2) is 9.67 Å². The van der Waals surface area contributed by atoms with Gasteiger partial charge in [0.1, 0.15) is 6.54 Å². The van der Waals surface area contributed by atoms with E-state index in [1.807, 2.05) is 0 Å². The highest BCUT2D eigenvalue weighted by Crippen LogP contribution is 2.23. The van der Waals surface area contributed by atoms with E-state index in [-0.39, 0.29) is 17.8 Å². The summed E-state index contributed by atoms with van der Waals surface area (Å²) in [5.41, 5.74) is 1.62. The van der Waals surface area contributed by atoms with Crippen LogP contribution in [0, 0.1) is 13.8 Å². The first-order valence-electron chi connectivity index (χ1n) is 8.22. The van der Waals surface area contributed by atoms with E-state index in [9.17, 15) is 18.0 Å². The van der Waals surface area contributed by atoms with Crippen molar-refractivity contribution in [2.45, 2.75) is 33.1 Å². The molecule has 0 unspecified atom stereocenters. The van der Waals surface area contributed by atoms with E-state index in [4.69, 9.17) is 0 Å². The zero-order valence-corrected chi connectivity index (χ0v) is 14.8. The van der Waals surface area contributed by atoms with Crippen LogP contribution in [-0.2, 0) is 13.1 Å². The van der Waals surface area contributed by atoms with Crippen LogP contribution < -0.4 is 5.32 Å². The van der Waals surface area contributed by atoms with Gasteiger partial charge in [0.25, 0.3) is 5.91 Å². The Hall–Kier alpha value is -3.10. The number of alkyl halides is 3. The minimum Gasteiger partial charge on any atom is -0.348 e. The number of halogens is 3. The van der Waals surface area contributed by atoms with Crippen LogP contribution in [0.25, 0.3) is 5.82 Å². The first-order chi connectivity index (χ1) is 12.8. The summed E-state index contributed by atoms with van der Waals surface area (Å²) in [5.74, 6) is 0.136. The van der Waals surface area contributed by atoms with Gasteiger partial charge in [-0.1, -0.05) is 6.07 Å². The second-order valence-corrected chi connectivity index (χ2v) is 6.11. The third-order valence-electron chi connectivity index (χ3n) is 4.18. The Labute approximate surface area is 153 Å². The molecule has 3 aromatic rings. The summed E-state index contributed by atoms with van der Waals surface area (Å²) in [6.07, 6.45) is 0.620. The van der Waals surface area contributed by atoms with Gasteiger partial charge in [-0.15, -0.1) is 0 Å². The smallest absolute Gasteiger partial charge is 0.348 e. The van der Waals surface area contributed by atoms with Crippen LogP contribution in [-0.4, -0.2) is 31.4 Å². The summed E-state index contributed by atoms with van der Waals surface area (Å²) in [6.45, 7) is 2.11. The molecular formula is C18H18F3N5O. The molecule has 142 valence electrons. The van der Waals surface area contributed by atoms with Crippen LogP contribution in [0.1, 0.15) is 27.3 Å². The normalized spacial score (nSPS) is 11.6. The molecule has 0 bridgehead atoms. The predicted octanol–water partition coefficient (Wildman–Crippen LogP) is 3.18. The number of nitrogens with zero attached hydrogens (tertiary/aromatic N) is 4. The highest BCUT2D eigenvalue weighted by atomic mass is 19.4. The first-order valence-corrected chi connectivity index (χ1v) is 8.22. The maximum Gasteiger partial charge on any atom is 0.406 e. The Kier molecular flexibility index (Phi) is 5.02. The number of carbonyl (C=O) groups is 1. The predicted molar refractivity (Wildman–Crippen MR) is 92.5 cm³/mol. The van der Waals surface area contributed by atoms with E-state index in [1.54, 1.807) is 48.4 Å². The summed E-state index contributed by atoms with van der Waals surface area (Å²) >= 11 is 0. The number of carbonyl (C=O) groups excluding carboxylic acids is 1. The number of aryl methyl sites for hydroxylation is 1. The summed E-state index contributed by atoms with van der Waals surface area (Å²) in [7, 11) is 0. The minimum absolute atomic E-state index is 0.171. The van der Waals surface area contributed by atoms with Gasteiger partial charge in [-0.3, -0.25) is 4.79 Å². The molecule has 3 rings (SSSR count). The number of hydrogen-bond acceptors (Lipinski definition) is 3. The standard InChI is InChI=1S/C18H18F3N5O/c1-12-9-15(13(2)25(12)11-18(19,20)21)17(27)23-10-14-5-3-6-22-16(14)26-8-4-7-24-26/h3-9H,10-11H2,1-2H3,(H,23,27). The lowest BCUT2D eigenvalue weighted by Crippen LogP contribution is -2.25. The lowest BCUT2D eigenvalue weighted by atomic mass is 10.2. The molecule has 0 aliphatic rings. The van der Waals surface area contributed by atoms with Gasteiger partial charge in [0.15, 0.2) is 5.82 Å². The molecule has 1 amide bonds. The van der Waals surface area contributed by atoms with Crippen molar-refractivity contribution in [2.24, 2.45) is 0 Å². The second-order valence-electron chi connectivity index (χ2n) is 6.11. The number of nitrogens with one attached hydrogen (secondary N) is 1. The molecule has 1 N–H and O–H groups in total. The van der Waals surface area contributed by atoms with Crippen LogP contribution in [0.2, 0.25) is 0 Å². The van der Waals surface area contributed by atoms with Crippen molar-refractivity contribution < 1.29 is 18.0 Å². The van der Waals surface area contributed by atoms with Crippen LogP contribution >= 0.6 is 0 Å². The molecule has 27 heavy (non-hydrogen) atoms. The van der Waals surface area contributed by atoms with E-state index in [0.29, 0.717) is 11.5 Å². The second kappa shape index (κ2) is 7.26. The molecule has 0 saturated heterocycles. The van der Waals surface area contributed by atoms with Crippen molar-refractivity contribution in [3.8, 4) is 5.82 Å². The van der Waals surface area contributed by atoms with E-state index in [0.717, 1.165) is 10.1 Å². The summed E-state index contributed by atoms with van der Waals surface area (Å²) in [5, 5.41) is 6.87. The quantitative estimate of drug-likeness (QED) is 0.743. The average molecular weight is 377 g/mol. The molecule has 0 radical (unpaired) electrons. The molecule has 0 aromatic carbocycles. The number of rotatable bonds is 5. The molecule has 0 aliphatic carbocycles. The van der Waals surface area contributed by atoms with Gasteiger partial charge in [-0.05, 0) is 32.0 Å².